The van der Waals surface area contributed by atoms with Crippen LogP contribution in [-0.2, 0) is 4.79 Å². The maximum absolute atomic E-state index is 12.1. The lowest BCUT2D eigenvalue weighted by atomic mass is 10.1. The predicted octanol–water partition coefficient (Wildman–Crippen LogP) is 1.04. The zero-order chi connectivity index (χ0) is 15.1. The van der Waals surface area contributed by atoms with Gasteiger partial charge in [-0.3, -0.25) is 4.79 Å². The van der Waals surface area contributed by atoms with E-state index >= 15 is 0 Å². The van der Waals surface area contributed by atoms with Crippen molar-refractivity contribution in [1.82, 2.24) is 10.2 Å². The molecule has 2 aromatic rings. The molecule has 1 amide bonds. The number of rotatable bonds is 1. The Balaban J connectivity index is 2.13. The summed E-state index contributed by atoms with van der Waals surface area (Å²) in [5.41, 5.74) is 8.12. The van der Waals surface area contributed by atoms with Crippen molar-refractivity contribution in [2.45, 2.75) is 19.9 Å². The lowest BCUT2D eigenvalue weighted by molar-refractivity contribution is -0.119. The van der Waals surface area contributed by atoms with Crippen LogP contribution in [0, 0.1) is 13.8 Å². The molecule has 0 aliphatic carbocycles. The molecule has 2 heterocycles. The van der Waals surface area contributed by atoms with Gasteiger partial charge in [0.2, 0.25) is 17.7 Å². The minimum absolute atomic E-state index is 0.161. The van der Waals surface area contributed by atoms with Gasteiger partial charge in [-0.25, -0.2) is 0 Å². The SMILES string of the molecule is Cc1nnc(-c2cc3c(cc2C)OC[C@H](N)C(=O)N3C)o1. The zero-order valence-corrected chi connectivity index (χ0v) is 12.1. The minimum Gasteiger partial charge on any atom is -0.489 e. The van der Waals surface area contributed by atoms with Crippen molar-refractivity contribution in [3.05, 3.63) is 23.6 Å². The highest BCUT2D eigenvalue weighted by Gasteiger charge is 2.28. The first kappa shape index (κ1) is 13.6. The number of anilines is 1. The Morgan fingerprint density at radius 2 is 2.10 bits per heavy atom. The summed E-state index contributed by atoms with van der Waals surface area (Å²) in [5.74, 6) is 1.34. The Bertz CT molecular complexity index is 710. The topological polar surface area (TPSA) is 94.5 Å². The molecular weight excluding hydrogens is 272 g/mol. The highest BCUT2D eigenvalue weighted by molar-refractivity contribution is 5.99. The highest BCUT2D eigenvalue weighted by Crippen LogP contribution is 2.36. The van der Waals surface area contributed by atoms with Crippen molar-refractivity contribution in [2.75, 3.05) is 18.6 Å². The number of aryl methyl sites for hydroxylation is 2. The van der Waals surface area contributed by atoms with Crippen LogP contribution in [-0.4, -0.2) is 35.8 Å². The number of nitrogens with two attached hydrogens (primary N) is 1. The van der Waals surface area contributed by atoms with Crippen LogP contribution in [0.4, 0.5) is 5.69 Å². The summed E-state index contributed by atoms with van der Waals surface area (Å²) in [6, 6.07) is 3.00. The van der Waals surface area contributed by atoms with Gasteiger partial charge < -0.3 is 19.8 Å². The second-order valence-corrected chi connectivity index (χ2v) is 5.08. The lowest BCUT2D eigenvalue weighted by Crippen LogP contribution is -2.43. The first-order chi connectivity index (χ1) is 9.97. The Labute approximate surface area is 121 Å². The Morgan fingerprint density at radius 1 is 1.33 bits per heavy atom. The molecule has 7 nitrogen and oxygen atoms in total. The zero-order valence-electron chi connectivity index (χ0n) is 12.1. The number of hydrogen-bond donors (Lipinski definition) is 1. The van der Waals surface area contributed by atoms with Crippen molar-refractivity contribution >= 4 is 11.6 Å². The van der Waals surface area contributed by atoms with E-state index in [0.717, 1.165) is 11.1 Å². The van der Waals surface area contributed by atoms with Gasteiger partial charge in [0.05, 0.1) is 5.69 Å². The van der Waals surface area contributed by atoms with E-state index in [1.807, 2.05) is 19.1 Å². The summed E-state index contributed by atoms with van der Waals surface area (Å²) >= 11 is 0. The van der Waals surface area contributed by atoms with Crippen LogP contribution in [0.15, 0.2) is 16.5 Å². The highest BCUT2D eigenvalue weighted by atomic mass is 16.5. The summed E-state index contributed by atoms with van der Waals surface area (Å²) in [6.45, 7) is 3.81. The van der Waals surface area contributed by atoms with Crippen LogP contribution in [0.2, 0.25) is 0 Å². The van der Waals surface area contributed by atoms with Gasteiger partial charge >= 0.3 is 0 Å². The van der Waals surface area contributed by atoms with Crippen LogP contribution < -0.4 is 15.4 Å². The van der Waals surface area contributed by atoms with Gasteiger partial charge in [-0.05, 0) is 24.6 Å². The average Bonchev–Trinajstić information content (AvgIpc) is 2.85. The fourth-order valence-electron chi connectivity index (χ4n) is 2.30. The van der Waals surface area contributed by atoms with Gasteiger partial charge in [-0.1, -0.05) is 0 Å². The van der Waals surface area contributed by atoms with E-state index < -0.39 is 6.04 Å². The van der Waals surface area contributed by atoms with E-state index in [0.29, 0.717) is 23.2 Å². The number of nitrogens with zero attached hydrogens (tertiary/aromatic N) is 3. The Morgan fingerprint density at radius 3 is 2.76 bits per heavy atom. The first-order valence-corrected chi connectivity index (χ1v) is 6.58. The number of fused-ring (bicyclic) bond motifs is 1. The summed E-state index contributed by atoms with van der Waals surface area (Å²) in [6.07, 6.45) is 0. The third kappa shape index (κ3) is 2.25. The Kier molecular flexibility index (Phi) is 3.13. The maximum atomic E-state index is 12.1. The van der Waals surface area contributed by atoms with Crippen LogP contribution in [0.3, 0.4) is 0 Å². The second kappa shape index (κ2) is 4.85. The third-order valence-corrected chi connectivity index (χ3v) is 3.49. The number of aromatic nitrogens is 2. The molecule has 1 aliphatic rings. The van der Waals surface area contributed by atoms with E-state index in [9.17, 15) is 4.79 Å². The monoisotopic (exact) mass is 288 g/mol. The largest absolute Gasteiger partial charge is 0.489 e. The molecule has 1 atom stereocenters. The summed E-state index contributed by atoms with van der Waals surface area (Å²) in [4.78, 5) is 13.6. The summed E-state index contributed by atoms with van der Waals surface area (Å²) in [7, 11) is 1.67. The van der Waals surface area contributed by atoms with E-state index in [4.69, 9.17) is 14.9 Å². The van der Waals surface area contributed by atoms with Crippen molar-refractivity contribution in [2.24, 2.45) is 5.73 Å². The van der Waals surface area contributed by atoms with E-state index in [1.54, 1.807) is 14.0 Å². The second-order valence-electron chi connectivity index (χ2n) is 5.08. The summed E-state index contributed by atoms with van der Waals surface area (Å²) < 4.78 is 11.1. The van der Waals surface area contributed by atoms with Crippen molar-refractivity contribution in [1.29, 1.82) is 0 Å². The molecule has 0 unspecified atom stereocenters. The van der Waals surface area contributed by atoms with Gasteiger partial charge in [-0.15, -0.1) is 10.2 Å². The van der Waals surface area contributed by atoms with Gasteiger partial charge in [0, 0.05) is 19.5 Å². The molecule has 1 aromatic carbocycles. The summed E-state index contributed by atoms with van der Waals surface area (Å²) in [5, 5.41) is 7.85. The molecule has 0 radical (unpaired) electrons. The molecule has 0 bridgehead atoms. The van der Waals surface area contributed by atoms with Crippen LogP contribution in [0.5, 0.6) is 5.75 Å². The normalized spacial score (nSPS) is 18.2. The molecule has 1 aliphatic heterocycles. The average molecular weight is 288 g/mol. The fourth-order valence-corrected chi connectivity index (χ4v) is 2.30. The number of carbonyl (C=O) groups is 1. The van der Waals surface area contributed by atoms with Crippen LogP contribution in [0.1, 0.15) is 11.5 Å². The van der Waals surface area contributed by atoms with E-state index in [1.165, 1.54) is 4.90 Å². The molecule has 2 N–H and O–H groups in total. The van der Waals surface area contributed by atoms with Crippen molar-refractivity contribution in [3.63, 3.8) is 0 Å². The van der Waals surface area contributed by atoms with E-state index in [2.05, 4.69) is 10.2 Å². The molecule has 1 aromatic heterocycles. The molecule has 110 valence electrons. The van der Waals surface area contributed by atoms with Gasteiger partial charge in [0.25, 0.3) is 0 Å². The Hall–Kier alpha value is -2.41. The number of benzene rings is 1. The molecular formula is C14H16N4O3. The van der Waals surface area contributed by atoms with Crippen molar-refractivity contribution in [3.8, 4) is 17.2 Å². The smallest absolute Gasteiger partial charge is 0.248 e. The number of carbonyl (C=O) groups excluding carboxylic acids is 1. The lowest BCUT2D eigenvalue weighted by Gasteiger charge is -2.18. The molecule has 0 saturated carbocycles. The van der Waals surface area contributed by atoms with Crippen molar-refractivity contribution < 1.29 is 13.9 Å². The number of ether oxygens (including phenoxy) is 1. The van der Waals surface area contributed by atoms with Gasteiger partial charge in [-0.2, -0.15) is 0 Å². The standard InChI is InChI=1S/C14H16N4O3/c1-7-4-12-11(18(3)14(19)10(15)6-20-12)5-9(7)13-17-16-8(2)21-13/h4-5,10H,6,15H2,1-3H3/t10-/m0/s1. The van der Waals surface area contributed by atoms with Gasteiger partial charge in [0.1, 0.15) is 18.4 Å². The first-order valence-electron chi connectivity index (χ1n) is 6.58. The van der Waals surface area contributed by atoms with Crippen LogP contribution >= 0.6 is 0 Å². The van der Waals surface area contributed by atoms with Crippen LogP contribution in [0.25, 0.3) is 11.5 Å². The number of amides is 1. The molecule has 3 rings (SSSR count). The van der Waals surface area contributed by atoms with E-state index in [-0.39, 0.29) is 12.5 Å². The molecule has 0 fully saturated rings. The molecule has 0 spiro atoms. The maximum Gasteiger partial charge on any atom is 0.248 e. The fraction of sp³-hybridized carbons (Fsp3) is 0.357. The van der Waals surface area contributed by atoms with Gasteiger partial charge in [0.15, 0.2) is 0 Å². The number of likely N-dealkylation sites (N-methyl/N-ethyl adjacent to an activating group) is 1. The molecule has 7 heteroatoms. The number of hydrogen-bond acceptors (Lipinski definition) is 6. The quantitative estimate of drug-likeness (QED) is 0.842. The third-order valence-electron chi connectivity index (χ3n) is 3.49. The molecule has 0 saturated heterocycles. The molecule has 21 heavy (non-hydrogen) atoms. The predicted molar refractivity (Wildman–Crippen MR) is 76.1 cm³/mol. The minimum atomic E-state index is -0.670.